The lowest BCUT2D eigenvalue weighted by Gasteiger charge is -2.03. The lowest BCUT2D eigenvalue weighted by molar-refractivity contribution is -0.142. The monoisotopic (exact) mass is 334 g/mol. The molecule has 0 saturated heterocycles. The summed E-state index contributed by atoms with van der Waals surface area (Å²) in [6, 6.07) is 7.61. The molecule has 1 heterocycles. The van der Waals surface area contributed by atoms with Crippen LogP contribution in [0, 0.1) is 0 Å². The molecule has 2 N–H and O–H groups in total. The van der Waals surface area contributed by atoms with Gasteiger partial charge in [-0.1, -0.05) is 29.5 Å². The summed E-state index contributed by atoms with van der Waals surface area (Å²) in [5, 5.41) is 12.7. The maximum Gasteiger partial charge on any atom is 0.328 e. The van der Waals surface area contributed by atoms with Crippen LogP contribution < -0.4 is 10.6 Å². The highest BCUT2D eigenvalue weighted by Crippen LogP contribution is 2.15. The molecule has 0 aliphatic carbocycles. The van der Waals surface area contributed by atoms with Gasteiger partial charge < -0.3 is 4.74 Å². The molecule has 0 atom stereocenters. The van der Waals surface area contributed by atoms with E-state index in [0.29, 0.717) is 10.6 Å². The second kappa shape index (κ2) is 7.99. The minimum atomic E-state index is -0.724. The van der Waals surface area contributed by atoms with Crippen LogP contribution >= 0.6 is 11.3 Å². The van der Waals surface area contributed by atoms with E-state index in [-0.39, 0.29) is 18.2 Å². The van der Waals surface area contributed by atoms with Crippen molar-refractivity contribution in [3.63, 3.8) is 0 Å². The minimum absolute atomic E-state index is 0.0161. The maximum atomic E-state index is 11.8. The molecule has 0 radical (unpaired) electrons. The van der Waals surface area contributed by atoms with Crippen LogP contribution in [0.4, 0.5) is 9.93 Å². The summed E-state index contributed by atoms with van der Waals surface area (Å²) in [4.78, 5) is 34.9. The molecule has 0 aliphatic heterocycles. The first-order chi connectivity index (χ1) is 11.1. The van der Waals surface area contributed by atoms with Crippen molar-refractivity contribution in [3.8, 4) is 0 Å². The Kier molecular flexibility index (Phi) is 5.75. The number of carbonyl (C=O) groups is 3. The second-order valence-corrected chi connectivity index (χ2v) is 5.32. The van der Waals surface area contributed by atoms with Crippen LogP contribution in [0.3, 0.4) is 0 Å². The molecular formula is C14H14N4O4S. The molecule has 8 nitrogen and oxygen atoms in total. The quantitative estimate of drug-likeness (QED) is 0.804. The smallest absolute Gasteiger partial charge is 0.328 e. The first-order valence-electron chi connectivity index (χ1n) is 6.74. The zero-order chi connectivity index (χ0) is 16.7. The number of benzene rings is 1. The van der Waals surface area contributed by atoms with Crippen LogP contribution in [0.2, 0.25) is 0 Å². The molecular weight excluding hydrogens is 320 g/mol. The first kappa shape index (κ1) is 16.6. The van der Waals surface area contributed by atoms with Gasteiger partial charge in [0.05, 0.1) is 13.0 Å². The molecule has 0 aliphatic rings. The summed E-state index contributed by atoms with van der Waals surface area (Å²) >= 11 is 1.03. The van der Waals surface area contributed by atoms with Crippen molar-refractivity contribution >= 4 is 34.4 Å². The standard InChI is InChI=1S/C14H14N4O4S/c1-2-22-11(19)8-10-17-18-14(23-10)16-13(21)15-12(20)9-6-4-3-5-7-9/h3-7H,2,8H2,1H3,(H2,15,16,18,20,21). The summed E-state index contributed by atoms with van der Waals surface area (Å²) in [5.41, 5.74) is 0.364. The topological polar surface area (TPSA) is 110 Å². The number of rotatable bonds is 5. The molecule has 120 valence electrons. The largest absolute Gasteiger partial charge is 0.466 e. The highest BCUT2D eigenvalue weighted by atomic mass is 32.1. The molecule has 0 bridgehead atoms. The van der Waals surface area contributed by atoms with E-state index >= 15 is 0 Å². The number of ether oxygens (including phenoxy) is 1. The predicted octanol–water partition coefficient (Wildman–Crippen LogP) is 1.61. The Morgan fingerprint density at radius 2 is 1.91 bits per heavy atom. The van der Waals surface area contributed by atoms with Gasteiger partial charge in [0.2, 0.25) is 5.13 Å². The number of nitrogens with one attached hydrogen (secondary N) is 2. The highest BCUT2D eigenvalue weighted by Gasteiger charge is 2.14. The van der Waals surface area contributed by atoms with Crippen molar-refractivity contribution in [1.82, 2.24) is 15.5 Å². The molecule has 2 aromatic rings. The van der Waals surface area contributed by atoms with Gasteiger partial charge in [-0.3, -0.25) is 20.2 Å². The third-order valence-corrected chi connectivity index (χ3v) is 3.39. The summed E-state index contributed by atoms with van der Waals surface area (Å²) < 4.78 is 4.79. The first-order valence-corrected chi connectivity index (χ1v) is 7.55. The summed E-state index contributed by atoms with van der Waals surface area (Å²) in [5.74, 6) is -0.946. The maximum absolute atomic E-state index is 11.8. The van der Waals surface area contributed by atoms with Crippen molar-refractivity contribution in [2.45, 2.75) is 13.3 Å². The fraction of sp³-hybridized carbons (Fsp3) is 0.214. The van der Waals surface area contributed by atoms with E-state index in [1.54, 1.807) is 37.3 Å². The van der Waals surface area contributed by atoms with Gasteiger partial charge in [-0.2, -0.15) is 0 Å². The Morgan fingerprint density at radius 3 is 2.61 bits per heavy atom. The van der Waals surface area contributed by atoms with Gasteiger partial charge in [0.1, 0.15) is 5.01 Å². The van der Waals surface area contributed by atoms with E-state index in [9.17, 15) is 14.4 Å². The highest BCUT2D eigenvalue weighted by molar-refractivity contribution is 7.15. The average Bonchev–Trinajstić information content (AvgIpc) is 2.95. The Morgan fingerprint density at radius 1 is 1.17 bits per heavy atom. The Hall–Kier alpha value is -2.81. The van der Waals surface area contributed by atoms with Crippen LogP contribution in [0.15, 0.2) is 30.3 Å². The van der Waals surface area contributed by atoms with Crippen LogP contribution in [0.5, 0.6) is 0 Å². The van der Waals surface area contributed by atoms with E-state index in [2.05, 4.69) is 20.8 Å². The number of anilines is 1. The van der Waals surface area contributed by atoms with E-state index in [1.807, 2.05) is 0 Å². The van der Waals surface area contributed by atoms with Crippen LogP contribution in [0.1, 0.15) is 22.3 Å². The molecule has 23 heavy (non-hydrogen) atoms. The number of hydrogen-bond donors (Lipinski definition) is 2. The van der Waals surface area contributed by atoms with Gasteiger partial charge in [-0.15, -0.1) is 10.2 Å². The van der Waals surface area contributed by atoms with Crippen molar-refractivity contribution in [3.05, 3.63) is 40.9 Å². The van der Waals surface area contributed by atoms with E-state index in [4.69, 9.17) is 4.74 Å². The van der Waals surface area contributed by atoms with Gasteiger partial charge in [-0.05, 0) is 19.1 Å². The summed E-state index contributed by atoms with van der Waals surface area (Å²) in [6.45, 7) is 1.99. The molecule has 0 unspecified atom stereocenters. The summed E-state index contributed by atoms with van der Waals surface area (Å²) in [6.07, 6.45) is -0.0161. The van der Waals surface area contributed by atoms with Gasteiger partial charge in [0.25, 0.3) is 5.91 Å². The number of amides is 3. The fourth-order valence-corrected chi connectivity index (χ4v) is 2.32. The van der Waals surface area contributed by atoms with Crippen LogP contribution in [-0.2, 0) is 16.0 Å². The van der Waals surface area contributed by atoms with Gasteiger partial charge in [0.15, 0.2) is 0 Å². The second-order valence-electron chi connectivity index (χ2n) is 4.26. The third kappa shape index (κ3) is 5.15. The van der Waals surface area contributed by atoms with Crippen LogP contribution in [-0.4, -0.2) is 34.7 Å². The van der Waals surface area contributed by atoms with Crippen molar-refractivity contribution in [2.24, 2.45) is 0 Å². The molecule has 9 heteroatoms. The average molecular weight is 334 g/mol. The molecule has 0 spiro atoms. The normalized spacial score (nSPS) is 9.96. The number of urea groups is 1. The van der Waals surface area contributed by atoms with E-state index < -0.39 is 17.9 Å². The molecule has 0 saturated carbocycles. The molecule has 3 amide bonds. The number of carbonyl (C=O) groups excluding carboxylic acids is 3. The summed E-state index contributed by atoms with van der Waals surface area (Å²) in [7, 11) is 0. The Bertz CT molecular complexity index is 702. The lowest BCUT2D eigenvalue weighted by Crippen LogP contribution is -2.34. The van der Waals surface area contributed by atoms with Crippen molar-refractivity contribution in [1.29, 1.82) is 0 Å². The molecule has 1 aromatic heterocycles. The van der Waals surface area contributed by atoms with Gasteiger partial charge in [0, 0.05) is 5.56 Å². The zero-order valence-corrected chi connectivity index (χ0v) is 13.1. The zero-order valence-electron chi connectivity index (χ0n) is 12.2. The number of imide groups is 1. The predicted molar refractivity (Wildman–Crippen MR) is 83.2 cm³/mol. The van der Waals surface area contributed by atoms with Gasteiger partial charge in [-0.25, -0.2) is 4.79 Å². The molecule has 2 rings (SSSR count). The minimum Gasteiger partial charge on any atom is -0.466 e. The van der Waals surface area contributed by atoms with Gasteiger partial charge >= 0.3 is 12.0 Å². The molecule has 1 aromatic carbocycles. The fourth-order valence-electron chi connectivity index (χ4n) is 1.60. The Labute approximate surface area is 135 Å². The van der Waals surface area contributed by atoms with E-state index in [0.717, 1.165) is 11.3 Å². The third-order valence-electron chi connectivity index (χ3n) is 2.55. The lowest BCUT2D eigenvalue weighted by atomic mass is 10.2. The van der Waals surface area contributed by atoms with Crippen molar-refractivity contribution in [2.75, 3.05) is 11.9 Å². The SMILES string of the molecule is CCOC(=O)Cc1nnc(NC(=O)NC(=O)c2ccccc2)s1. The molecule has 0 fully saturated rings. The number of esters is 1. The number of hydrogen-bond acceptors (Lipinski definition) is 7. The Balaban J connectivity index is 1.87. The number of nitrogens with zero attached hydrogens (tertiary/aromatic N) is 2. The number of aromatic nitrogens is 2. The van der Waals surface area contributed by atoms with Crippen molar-refractivity contribution < 1.29 is 19.1 Å². The van der Waals surface area contributed by atoms with E-state index in [1.165, 1.54) is 0 Å². The van der Waals surface area contributed by atoms with Crippen LogP contribution in [0.25, 0.3) is 0 Å².